The van der Waals surface area contributed by atoms with Crippen molar-refractivity contribution in [3.63, 3.8) is 0 Å². The molecule has 4 rings (SSSR count). The Morgan fingerprint density at radius 1 is 1.17 bits per heavy atom. The molecule has 126 valence electrons. The Bertz CT molecular complexity index is 691. The molecule has 1 aliphatic heterocycles. The number of hydrogen-bond acceptors (Lipinski definition) is 5. The quantitative estimate of drug-likeness (QED) is 0.631. The average Bonchev–Trinajstić information content (AvgIpc) is 3.24. The van der Waals surface area contributed by atoms with Crippen LogP contribution in [-0.4, -0.2) is 42.0 Å². The van der Waals surface area contributed by atoms with Crippen molar-refractivity contribution in [2.45, 2.75) is 31.7 Å². The summed E-state index contributed by atoms with van der Waals surface area (Å²) in [6.45, 7) is 3.59. The van der Waals surface area contributed by atoms with Crippen LogP contribution in [0.2, 0.25) is 0 Å². The lowest BCUT2D eigenvalue weighted by atomic mass is 9.93. The summed E-state index contributed by atoms with van der Waals surface area (Å²) < 4.78 is 0. The molecule has 3 fully saturated rings. The molecule has 6 heteroatoms. The Hall–Kier alpha value is -2.13. The summed E-state index contributed by atoms with van der Waals surface area (Å²) in [6, 6.07) is 7.50. The highest BCUT2D eigenvalue weighted by Gasteiger charge is 2.42. The van der Waals surface area contributed by atoms with Gasteiger partial charge in [0.05, 0.1) is 16.6 Å². The van der Waals surface area contributed by atoms with Gasteiger partial charge in [0.25, 0.3) is 5.69 Å². The molecule has 1 aromatic rings. The van der Waals surface area contributed by atoms with Crippen LogP contribution in [0, 0.1) is 33.3 Å². The molecule has 0 spiro atoms. The number of piperazine rings is 1. The fourth-order valence-electron chi connectivity index (χ4n) is 4.96. The molecule has 0 aromatic heterocycles. The van der Waals surface area contributed by atoms with E-state index in [9.17, 15) is 10.1 Å². The summed E-state index contributed by atoms with van der Waals surface area (Å²) in [7, 11) is 0. The molecule has 1 saturated heterocycles. The zero-order chi connectivity index (χ0) is 16.7. The molecule has 2 aliphatic carbocycles. The van der Waals surface area contributed by atoms with E-state index in [0.29, 0.717) is 11.3 Å². The van der Waals surface area contributed by atoms with Crippen molar-refractivity contribution in [1.29, 1.82) is 5.26 Å². The minimum atomic E-state index is -0.377. The molecule has 24 heavy (non-hydrogen) atoms. The van der Waals surface area contributed by atoms with Crippen molar-refractivity contribution < 1.29 is 4.92 Å². The Kier molecular flexibility index (Phi) is 3.89. The van der Waals surface area contributed by atoms with E-state index >= 15 is 0 Å². The summed E-state index contributed by atoms with van der Waals surface area (Å²) in [6.07, 6.45) is 5.56. The van der Waals surface area contributed by atoms with Crippen molar-refractivity contribution in [2.24, 2.45) is 11.8 Å². The molecule has 3 unspecified atom stereocenters. The van der Waals surface area contributed by atoms with Crippen molar-refractivity contribution in [3.05, 3.63) is 33.9 Å². The Morgan fingerprint density at radius 3 is 2.54 bits per heavy atom. The highest BCUT2D eigenvalue weighted by molar-refractivity contribution is 5.65. The standard InChI is InChI=1S/C18H22N4O2/c19-12-14-2-4-16(18(11-14)22(23)24)20-5-7-21(8-6-20)17-10-13-1-3-15(17)9-13/h2,4,11,13,15,17H,1,3,5-10H2. The molecule has 6 nitrogen and oxygen atoms in total. The van der Waals surface area contributed by atoms with Crippen LogP contribution in [0.4, 0.5) is 11.4 Å². The van der Waals surface area contributed by atoms with Gasteiger partial charge in [-0.2, -0.15) is 5.26 Å². The fraction of sp³-hybridized carbons (Fsp3) is 0.611. The van der Waals surface area contributed by atoms with Crippen LogP contribution in [-0.2, 0) is 0 Å². The molecule has 0 N–H and O–H groups in total. The van der Waals surface area contributed by atoms with E-state index in [1.165, 1.54) is 31.7 Å². The van der Waals surface area contributed by atoms with Crippen LogP contribution in [0.1, 0.15) is 31.2 Å². The SMILES string of the molecule is N#Cc1ccc(N2CCN(C3CC4CCC3C4)CC2)c([N+](=O)[O-])c1. The van der Waals surface area contributed by atoms with Crippen LogP contribution >= 0.6 is 0 Å². The summed E-state index contributed by atoms with van der Waals surface area (Å²) in [5.41, 5.74) is 1.03. The van der Waals surface area contributed by atoms with Gasteiger partial charge >= 0.3 is 0 Å². The minimum Gasteiger partial charge on any atom is -0.363 e. The van der Waals surface area contributed by atoms with E-state index in [2.05, 4.69) is 9.80 Å². The second-order valence-electron chi connectivity index (χ2n) is 7.34. The number of nitro benzene ring substituents is 1. The van der Waals surface area contributed by atoms with E-state index in [-0.39, 0.29) is 10.6 Å². The number of nitriles is 1. The second kappa shape index (κ2) is 6.06. The van der Waals surface area contributed by atoms with Crippen molar-refractivity contribution in [1.82, 2.24) is 4.90 Å². The van der Waals surface area contributed by atoms with E-state index in [1.54, 1.807) is 12.1 Å². The van der Waals surface area contributed by atoms with Gasteiger partial charge in [0.2, 0.25) is 0 Å². The van der Waals surface area contributed by atoms with Gasteiger partial charge in [-0.05, 0) is 43.2 Å². The maximum Gasteiger partial charge on any atom is 0.293 e. The molecular weight excluding hydrogens is 304 g/mol. The third kappa shape index (κ3) is 2.63. The number of rotatable bonds is 3. The zero-order valence-corrected chi connectivity index (χ0v) is 13.7. The lowest BCUT2D eigenvalue weighted by molar-refractivity contribution is -0.384. The number of nitrogens with zero attached hydrogens (tertiary/aromatic N) is 4. The van der Waals surface area contributed by atoms with Crippen LogP contribution < -0.4 is 4.90 Å². The Labute approximate surface area is 141 Å². The highest BCUT2D eigenvalue weighted by Crippen LogP contribution is 2.46. The molecule has 3 atom stereocenters. The van der Waals surface area contributed by atoms with Crippen LogP contribution in [0.25, 0.3) is 0 Å². The van der Waals surface area contributed by atoms with Crippen LogP contribution in [0.5, 0.6) is 0 Å². The topological polar surface area (TPSA) is 73.4 Å². The van der Waals surface area contributed by atoms with Gasteiger partial charge in [0, 0.05) is 38.3 Å². The number of nitro groups is 1. The molecular formula is C18H22N4O2. The van der Waals surface area contributed by atoms with E-state index in [4.69, 9.17) is 5.26 Å². The molecule has 1 aromatic carbocycles. The summed E-state index contributed by atoms with van der Waals surface area (Å²) in [5, 5.41) is 20.3. The number of fused-ring (bicyclic) bond motifs is 2. The molecule has 2 bridgehead atoms. The van der Waals surface area contributed by atoms with Gasteiger partial charge in [0.1, 0.15) is 5.69 Å². The molecule has 1 heterocycles. The number of hydrogen-bond donors (Lipinski definition) is 0. The maximum atomic E-state index is 11.4. The van der Waals surface area contributed by atoms with Gasteiger partial charge in [-0.15, -0.1) is 0 Å². The van der Waals surface area contributed by atoms with Crippen molar-refractivity contribution in [2.75, 3.05) is 31.1 Å². The van der Waals surface area contributed by atoms with Gasteiger partial charge < -0.3 is 4.90 Å². The first-order valence-electron chi connectivity index (χ1n) is 8.83. The largest absolute Gasteiger partial charge is 0.363 e. The summed E-state index contributed by atoms with van der Waals surface area (Å²) in [4.78, 5) is 15.7. The zero-order valence-electron chi connectivity index (χ0n) is 13.7. The minimum absolute atomic E-state index is 0.0439. The van der Waals surface area contributed by atoms with Crippen molar-refractivity contribution >= 4 is 11.4 Å². The maximum absolute atomic E-state index is 11.4. The normalized spacial score (nSPS) is 29.6. The first-order chi connectivity index (χ1) is 11.7. The summed E-state index contributed by atoms with van der Waals surface area (Å²) >= 11 is 0. The van der Waals surface area contributed by atoms with Gasteiger partial charge in [-0.3, -0.25) is 15.0 Å². The van der Waals surface area contributed by atoms with E-state index in [1.807, 2.05) is 6.07 Å². The first-order valence-corrected chi connectivity index (χ1v) is 8.83. The monoisotopic (exact) mass is 326 g/mol. The van der Waals surface area contributed by atoms with Crippen molar-refractivity contribution in [3.8, 4) is 6.07 Å². The lowest BCUT2D eigenvalue weighted by Gasteiger charge is -2.41. The molecule has 3 aliphatic rings. The average molecular weight is 326 g/mol. The predicted molar refractivity (Wildman–Crippen MR) is 90.8 cm³/mol. The third-order valence-electron chi connectivity index (χ3n) is 6.13. The smallest absolute Gasteiger partial charge is 0.293 e. The second-order valence-corrected chi connectivity index (χ2v) is 7.34. The van der Waals surface area contributed by atoms with Gasteiger partial charge in [-0.1, -0.05) is 6.42 Å². The first kappa shape index (κ1) is 15.4. The van der Waals surface area contributed by atoms with Gasteiger partial charge in [-0.25, -0.2) is 0 Å². The van der Waals surface area contributed by atoms with Crippen LogP contribution in [0.15, 0.2) is 18.2 Å². The lowest BCUT2D eigenvalue weighted by Crippen LogP contribution is -2.51. The van der Waals surface area contributed by atoms with E-state index < -0.39 is 0 Å². The molecule has 0 radical (unpaired) electrons. The Morgan fingerprint density at radius 2 is 1.96 bits per heavy atom. The van der Waals surface area contributed by atoms with Crippen LogP contribution in [0.3, 0.4) is 0 Å². The van der Waals surface area contributed by atoms with Gasteiger partial charge in [0.15, 0.2) is 0 Å². The number of anilines is 1. The number of benzene rings is 1. The fourth-order valence-corrected chi connectivity index (χ4v) is 4.96. The highest BCUT2D eigenvalue weighted by atomic mass is 16.6. The Balaban J connectivity index is 1.46. The molecule has 2 saturated carbocycles. The predicted octanol–water partition coefficient (Wildman–Crippen LogP) is 2.78. The molecule has 0 amide bonds. The summed E-state index contributed by atoms with van der Waals surface area (Å²) in [5.74, 6) is 1.82. The van der Waals surface area contributed by atoms with E-state index in [0.717, 1.165) is 44.1 Å². The third-order valence-corrected chi connectivity index (χ3v) is 6.13.